The van der Waals surface area contributed by atoms with E-state index < -0.39 is 0 Å². The van der Waals surface area contributed by atoms with E-state index in [0.717, 1.165) is 5.82 Å². The highest BCUT2D eigenvalue weighted by Gasteiger charge is 2.12. The molecular weight excluding hydrogens is 246 g/mol. The highest BCUT2D eigenvalue weighted by molar-refractivity contribution is 5.88. The summed E-state index contributed by atoms with van der Waals surface area (Å²) in [5.74, 6) is 0.438. The van der Waals surface area contributed by atoms with Crippen LogP contribution in [0, 0.1) is 0 Å². The molecule has 7 nitrogen and oxygen atoms in total. The molecule has 0 aromatic carbocycles. The van der Waals surface area contributed by atoms with Gasteiger partial charge in [0.1, 0.15) is 18.7 Å². The molecule has 0 aliphatic rings. The van der Waals surface area contributed by atoms with Crippen molar-refractivity contribution in [2.24, 2.45) is 0 Å². The van der Waals surface area contributed by atoms with Gasteiger partial charge in [0.15, 0.2) is 0 Å². The van der Waals surface area contributed by atoms with Crippen molar-refractivity contribution in [3.05, 3.63) is 30.1 Å². The Labute approximate surface area is 111 Å². The third kappa shape index (κ3) is 2.98. The maximum absolute atomic E-state index is 11.5. The monoisotopic (exact) mass is 263 g/mol. The van der Waals surface area contributed by atoms with Crippen molar-refractivity contribution in [3.63, 3.8) is 0 Å². The molecule has 0 N–H and O–H groups in total. The number of esters is 1. The Hall–Kier alpha value is -2.18. The molecule has 0 radical (unpaired) electrons. The lowest BCUT2D eigenvalue weighted by atomic mass is 10.4. The van der Waals surface area contributed by atoms with Gasteiger partial charge in [0.05, 0.1) is 18.4 Å². The third-order valence-corrected chi connectivity index (χ3v) is 2.58. The molecule has 102 valence electrons. The van der Waals surface area contributed by atoms with Crippen LogP contribution in [0.3, 0.4) is 0 Å². The van der Waals surface area contributed by atoms with E-state index in [2.05, 4.69) is 15.2 Å². The van der Waals surface area contributed by atoms with E-state index in [1.54, 1.807) is 17.8 Å². The van der Waals surface area contributed by atoms with Crippen molar-refractivity contribution < 1.29 is 9.53 Å². The first kappa shape index (κ1) is 13.3. The number of aromatic nitrogens is 5. The minimum Gasteiger partial charge on any atom is -0.462 e. The molecule has 7 heteroatoms. The lowest BCUT2D eigenvalue weighted by Crippen LogP contribution is -2.12. The van der Waals surface area contributed by atoms with Gasteiger partial charge < -0.3 is 4.74 Å². The number of ether oxygens (including phenoxy) is 1. The lowest BCUT2D eigenvalue weighted by Gasteiger charge is -2.08. The average molecular weight is 263 g/mol. The van der Waals surface area contributed by atoms with Gasteiger partial charge in [-0.3, -0.25) is 4.68 Å². The van der Waals surface area contributed by atoms with Crippen LogP contribution in [-0.2, 0) is 11.3 Å². The molecule has 0 bridgehead atoms. The first-order valence-corrected chi connectivity index (χ1v) is 6.19. The van der Waals surface area contributed by atoms with Crippen LogP contribution in [0.2, 0.25) is 0 Å². The van der Waals surface area contributed by atoms with Gasteiger partial charge in [-0.1, -0.05) is 0 Å². The molecule has 0 spiro atoms. The largest absolute Gasteiger partial charge is 0.462 e. The Balaban J connectivity index is 2.11. The van der Waals surface area contributed by atoms with E-state index in [0.29, 0.717) is 18.7 Å². The average Bonchev–Trinajstić information content (AvgIpc) is 2.99. The zero-order valence-electron chi connectivity index (χ0n) is 11.3. The Morgan fingerprint density at radius 1 is 1.42 bits per heavy atom. The summed E-state index contributed by atoms with van der Waals surface area (Å²) in [6.07, 6.45) is 4.66. The maximum atomic E-state index is 11.5. The van der Waals surface area contributed by atoms with Gasteiger partial charge in [-0.05, 0) is 20.8 Å². The molecule has 19 heavy (non-hydrogen) atoms. The summed E-state index contributed by atoms with van der Waals surface area (Å²) in [7, 11) is 0. The molecule has 2 aromatic heterocycles. The second-order valence-electron chi connectivity index (χ2n) is 4.36. The summed E-state index contributed by atoms with van der Waals surface area (Å²) in [5, 5.41) is 8.29. The van der Waals surface area contributed by atoms with Crippen LogP contribution in [0.1, 0.15) is 43.0 Å². The number of rotatable bonds is 5. The Morgan fingerprint density at radius 3 is 2.89 bits per heavy atom. The van der Waals surface area contributed by atoms with Crippen LogP contribution in [-0.4, -0.2) is 37.1 Å². The molecule has 0 amide bonds. The van der Waals surface area contributed by atoms with Crippen LogP contribution in [0.25, 0.3) is 0 Å². The van der Waals surface area contributed by atoms with Crippen molar-refractivity contribution in [2.45, 2.75) is 33.4 Å². The summed E-state index contributed by atoms with van der Waals surface area (Å²) >= 11 is 0. The van der Waals surface area contributed by atoms with Gasteiger partial charge in [-0.25, -0.2) is 14.5 Å². The van der Waals surface area contributed by atoms with Crippen molar-refractivity contribution in [1.82, 2.24) is 24.5 Å². The summed E-state index contributed by atoms with van der Waals surface area (Å²) in [6.45, 7) is 6.66. The molecular formula is C12H17N5O2. The van der Waals surface area contributed by atoms with E-state index in [-0.39, 0.29) is 12.0 Å². The van der Waals surface area contributed by atoms with Gasteiger partial charge in [0.2, 0.25) is 0 Å². The van der Waals surface area contributed by atoms with Gasteiger partial charge >= 0.3 is 5.97 Å². The Bertz CT molecular complexity index is 558. The number of carbonyl (C=O) groups is 1. The van der Waals surface area contributed by atoms with Crippen LogP contribution < -0.4 is 0 Å². The number of carbonyl (C=O) groups excluding carboxylic acids is 1. The number of nitrogens with zero attached hydrogens (tertiary/aromatic N) is 5. The van der Waals surface area contributed by atoms with E-state index in [1.165, 1.54) is 12.5 Å². The zero-order valence-corrected chi connectivity index (χ0v) is 11.3. The maximum Gasteiger partial charge on any atom is 0.341 e. The van der Waals surface area contributed by atoms with E-state index in [4.69, 9.17) is 4.74 Å². The molecule has 2 aromatic rings. The molecule has 0 aliphatic heterocycles. The molecule has 0 saturated carbocycles. The normalized spacial score (nSPS) is 10.9. The molecule has 0 atom stereocenters. The van der Waals surface area contributed by atoms with Crippen LogP contribution in [0.4, 0.5) is 0 Å². The van der Waals surface area contributed by atoms with Crippen LogP contribution in [0.5, 0.6) is 0 Å². The van der Waals surface area contributed by atoms with Crippen LogP contribution >= 0.6 is 0 Å². The number of hydrogen-bond acceptors (Lipinski definition) is 5. The Kier molecular flexibility index (Phi) is 3.94. The summed E-state index contributed by atoms with van der Waals surface area (Å²) in [4.78, 5) is 15.7. The third-order valence-electron chi connectivity index (χ3n) is 2.58. The van der Waals surface area contributed by atoms with Crippen molar-refractivity contribution in [2.75, 3.05) is 6.61 Å². The second-order valence-corrected chi connectivity index (χ2v) is 4.36. The lowest BCUT2D eigenvalue weighted by molar-refractivity contribution is 0.0526. The minimum absolute atomic E-state index is 0.234. The van der Waals surface area contributed by atoms with Crippen LogP contribution in [0.15, 0.2) is 18.7 Å². The van der Waals surface area contributed by atoms with Crippen molar-refractivity contribution >= 4 is 5.97 Å². The fourth-order valence-corrected chi connectivity index (χ4v) is 1.73. The molecule has 2 heterocycles. The van der Waals surface area contributed by atoms with E-state index in [9.17, 15) is 4.79 Å². The van der Waals surface area contributed by atoms with Crippen molar-refractivity contribution in [3.8, 4) is 0 Å². The molecule has 0 saturated heterocycles. The van der Waals surface area contributed by atoms with Gasteiger partial charge in [-0.2, -0.15) is 10.2 Å². The molecule has 0 aliphatic carbocycles. The highest BCUT2D eigenvalue weighted by Crippen LogP contribution is 2.08. The molecule has 0 unspecified atom stereocenters. The first-order valence-electron chi connectivity index (χ1n) is 6.19. The first-order chi connectivity index (χ1) is 9.11. The predicted octanol–water partition coefficient (Wildman–Crippen LogP) is 1.28. The minimum atomic E-state index is -0.362. The number of hydrogen-bond donors (Lipinski definition) is 0. The van der Waals surface area contributed by atoms with Gasteiger partial charge in [0.25, 0.3) is 0 Å². The van der Waals surface area contributed by atoms with E-state index in [1.807, 2.05) is 18.5 Å². The molecule has 0 fully saturated rings. The standard InChI is InChI=1S/C12H17N5O2/c1-4-19-12(18)10-5-14-16(6-10)7-11-13-8-15-17(11)9(2)3/h5-6,8-9H,4,7H2,1-3H3. The van der Waals surface area contributed by atoms with E-state index >= 15 is 0 Å². The summed E-state index contributed by atoms with van der Waals surface area (Å²) < 4.78 is 8.39. The highest BCUT2D eigenvalue weighted by atomic mass is 16.5. The fourth-order valence-electron chi connectivity index (χ4n) is 1.73. The van der Waals surface area contributed by atoms with Gasteiger partial charge in [0, 0.05) is 12.2 Å². The van der Waals surface area contributed by atoms with Crippen molar-refractivity contribution in [1.29, 1.82) is 0 Å². The quantitative estimate of drug-likeness (QED) is 0.760. The fraction of sp³-hybridized carbons (Fsp3) is 0.500. The Morgan fingerprint density at radius 2 is 2.21 bits per heavy atom. The summed E-state index contributed by atoms with van der Waals surface area (Å²) in [6, 6.07) is 0.234. The topological polar surface area (TPSA) is 74.8 Å². The molecule has 2 rings (SSSR count). The SMILES string of the molecule is CCOC(=O)c1cnn(Cc2ncnn2C(C)C)c1. The smallest absolute Gasteiger partial charge is 0.341 e. The summed E-state index contributed by atoms with van der Waals surface area (Å²) in [5.41, 5.74) is 0.442. The zero-order chi connectivity index (χ0) is 13.8. The van der Waals surface area contributed by atoms with Gasteiger partial charge in [-0.15, -0.1) is 0 Å². The predicted molar refractivity (Wildman–Crippen MR) is 67.7 cm³/mol. The second kappa shape index (κ2) is 5.64.